The van der Waals surface area contributed by atoms with E-state index in [2.05, 4.69) is 21.4 Å². The number of benzene rings is 1. The van der Waals surface area contributed by atoms with Crippen LogP contribution in [-0.2, 0) is 6.42 Å². The molecule has 6 nitrogen and oxygen atoms in total. The normalized spacial score (nSPS) is 19.7. The van der Waals surface area contributed by atoms with Crippen molar-refractivity contribution in [2.24, 2.45) is 0 Å². The van der Waals surface area contributed by atoms with Crippen LogP contribution in [0.4, 0.5) is 10.5 Å². The molecule has 124 valence electrons. The van der Waals surface area contributed by atoms with Gasteiger partial charge in [0.25, 0.3) is 0 Å². The molecule has 0 bridgehead atoms. The fourth-order valence-corrected chi connectivity index (χ4v) is 3.24. The summed E-state index contributed by atoms with van der Waals surface area (Å²) in [4.78, 5) is 22.9. The molecule has 2 aromatic rings. The predicted octanol–water partition coefficient (Wildman–Crippen LogP) is 2.48. The molecule has 1 aromatic carbocycles. The Bertz CT molecular complexity index is 743. The average Bonchev–Trinajstić information content (AvgIpc) is 3.46. The van der Waals surface area contributed by atoms with E-state index >= 15 is 0 Å². The summed E-state index contributed by atoms with van der Waals surface area (Å²) in [6, 6.07) is 7.41. The van der Waals surface area contributed by atoms with Crippen LogP contribution < -0.4 is 5.32 Å². The number of urea groups is 1. The molecule has 1 aliphatic heterocycles. The summed E-state index contributed by atoms with van der Waals surface area (Å²) in [6.45, 7) is 0.483. The van der Waals surface area contributed by atoms with Crippen LogP contribution in [0.25, 0.3) is 0 Å². The maximum absolute atomic E-state index is 12.6. The molecule has 24 heavy (non-hydrogen) atoms. The Balaban J connectivity index is 1.49. The lowest BCUT2D eigenvalue weighted by molar-refractivity contribution is 0.135. The van der Waals surface area contributed by atoms with E-state index in [1.54, 1.807) is 17.3 Å². The Morgan fingerprint density at radius 3 is 2.71 bits per heavy atom. The molecule has 1 aliphatic carbocycles. The quantitative estimate of drug-likeness (QED) is 0.909. The van der Waals surface area contributed by atoms with Gasteiger partial charge in [-0.3, -0.25) is 0 Å². The molecule has 6 heteroatoms. The largest absolute Gasteiger partial charge is 0.394 e. The minimum atomic E-state index is -0.318. The minimum absolute atomic E-state index is 0.0957. The molecule has 2 amide bonds. The monoisotopic (exact) mass is 324 g/mol. The highest BCUT2D eigenvalue weighted by Crippen LogP contribution is 2.37. The standard InChI is InChI=1S/C18H20N4O2/c23-11-16-15-4-2-1-3-12(15)7-8-22(16)18(24)21-14-9-19-17(20-10-14)13-5-6-13/h1-4,9-10,13,16,23H,5-8,11H2,(H,21,24). The number of nitrogens with one attached hydrogen (secondary N) is 1. The van der Waals surface area contributed by atoms with E-state index in [0.29, 0.717) is 18.2 Å². The van der Waals surface area contributed by atoms with Crippen LogP contribution in [0.3, 0.4) is 0 Å². The molecule has 0 radical (unpaired) electrons. The first-order valence-electron chi connectivity index (χ1n) is 8.34. The molecular formula is C18H20N4O2. The van der Waals surface area contributed by atoms with Crippen LogP contribution in [0.5, 0.6) is 0 Å². The van der Waals surface area contributed by atoms with Gasteiger partial charge in [-0.15, -0.1) is 0 Å². The Morgan fingerprint density at radius 2 is 2.00 bits per heavy atom. The molecule has 0 spiro atoms. The minimum Gasteiger partial charge on any atom is -0.394 e. The summed E-state index contributed by atoms with van der Waals surface area (Å²) in [6.07, 6.45) is 6.40. The Labute approximate surface area is 140 Å². The molecule has 2 heterocycles. The van der Waals surface area contributed by atoms with E-state index < -0.39 is 0 Å². The molecule has 1 saturated carbocycles. The van der Waals surface area contributed by atoms with Gasteiger partial charge in [-0.1, -0.05) is 24.3 Å². The first kappa shape index (κ1) is 15.1. The number of rotatable bonds is 3. The molecule has 1 unspecified atom stereocenters. The fourth-order valence-electron chi connectivity index (χ4n) is 3.24. The highest BCUT2D eigenvalue weighted by atomic mass is 16.3. The van der Waals surface area contributed by atoms with Crippen molar-refractivity contribution in [2.45, 2.75) is 31.2 Å². The zero-order chi connectivity index (χ0) is 16.5. The number of aliphatic hydroxyl groups is 1. The smallest absolute Gasteiger partial charge is 0.322 e. The van der Waals surface area contributed by atoms with Gasteiger partial charge in [-0.2, -0.15) is 0 Å². The van der Waals surface area contributed by atoms with E-state index in [9.17, 15) is 9.90 Å². The van der Waals surface area contributed by atoms with Crippen molar-refractivity contribution in [1.29, 1.82) is 0 Å². The van der Waals surface area contributed by atoms with Gasteiger partial charge in [0.2, 0.25) is 0 Å². The van der Waals surface area contributed by atoms with Crippen molar-refractivity contribution < 1.29 is 9.90 Å². The Hall–Kier alpha value is -2.47. The van der Waals surface area contributed by atoms with Gasteiger partial charge in [0.05, 0.1) is 30.7 Å². The van der Waals surface area contributed by atoms with E-state index in [1.165, 1.54) is 5.56 Å². The second-order valence-electron chi connectivity index (χ2n) is 6.37. The van der Waals surface area contributed by atoms with Gasteiger partial charge in [0.1, 0.15) is 5.82 Å². The topological polar surface area (TPSA) is 78.4 Å². The lowest BCUT2D eigenvalue weighted by atomic mass is 9.93. The number of carbonyl (C=O) groups is 1. The van der Waals surface area contributed by atoms with Crippen LogP contribution in [0, 0.1) is 0 Å². The maximum Gasteiger partial charge on any atom is 0.322 e. The highest BCUT2D eigenvalue weighted by molar-refractivity contribution is 5.89. The van der Waals surface area contributed by atoms with Crippen molar-refractivity contribution in [3.63, 3.8) is 0 Å². The zero-order valence-corrected chi connectivity index (χ0v) is 13.4. The molecule has 2 N–H and O–H groups in total. The number of hydrogen-bond acceptors (Lipinski definition) is 4. The van der Waals surface area contributed by atoms with Crippen LogP contribution in [-0.4, -0.2) is 39.2 Å². The second kappa shape index (κ2) is 6.20. The molecule has 1 aromatic heterocycles. The van der Waals surface area contributed by atoms with Gasteiger partial charge < -0.3 is 15.3 Å². The van der Waals surface area contributed by atoms with E-state index in [4.69, 9.17) is 0 Å². The summed E-state index contributed by atoms with van der Waals surface area (Å²) in [5.74, 6) is 1.35. The Kier molecular flexibility index (Phi) is 3.90. The molecule has 1 fully saturated rings. The van der Waals surface area contributed by atoms with Crippen LogP contribution in [0.15, 0.2) is 36.7 Å². The number of hydrogen-bond donors (Lipinski definition) is 2. The van der Waals surface area contributed by atoms with Crippen LogP contribution in [0.1, 0.15) is 41.8 Å². The van der Waals surface area contributed by atoms with Gasteiger partial charge in [-0.25, -0.2) is 14.8 Å². The number of aliphatic hydroxyl groups excluding tert-OH is 1. The summed E-state index contributed by atoms with van der Waals surface area (Å²) < 4.78 is 0. The number of anilines is 1. The van der Waals surface area contributed by atoms with Gasteiger partial charge >= 0.3 is 6.03 Å². The van der Waals surface area contributed by atoms with Crippen molar-refractivity contribution in [2.75, 3.05) is 18.5 Å². The zero-order valence-electron chi connectivity index (χ0n) is 13.4. The third kappa shape index (κ3) is 2.85. The number of nitrogens with zero attached hydrogens (tertiary/aromatic N) is 3. The number of amides is 2. The number of fused-ring (bicyclic) bond motifs is 1. The summed E-state index contributed by atoms with van der Waals surface area (Å²) in [5, 5.41) is 12.6. The first-order valence-corrected chi connectivity index (χ1v) is 8.34. The third-order valence-electron chi connectivity index (χ3n) is 4.71. The molecule has 2 aliphatic rings. The molecule has 4 rings (SSSR count). The summed E-state index contributed by atoms with van der Waals surface area (Å²) in [5.41, 5.74) is 2.79. The third-order valence-corrected chi connectivity index (χ3v) is 4.71. The van der Waals surface area contributed by atoms with Gasteiger partial charge in [0.15, 0.2) is 0 Å². The first-order chi connectivity index (χ1) is 11.8. The van der Waals surface area contributed by atoms with Crippen LogP contribution in [0.2, 0.25) is 0 Å². The van der Waals surface area contributed by atoms with Crippen molar-refractivity contribution >= 4 is 11.7 Å². The Morgan fingerprint density at radius 1 is 1.25 bits per heavy atom. The fraction of sp³-hybridized carbons (Fsp3) is 0.389. The van der Waals surface area contributed by atoms with E-state index in [1.807, 2.05) is 18.2 Å². The highest BCUT2D eigenvalue weighted by Gasteiger charge is 2.30. The lowest BCUT2D eigenvalue weighted by Gasteiger charge is -2.36. The predicted molar refractivity (Wildman–Crippen MR) is 89.7 cm³/mol. The number of aromatic nitrogens is 2. The van der Waals surface area contributed by atoms with E-state index in [-0.39, 0.29) is 18.7 Å². The van der Waals surface area contributed by atoms with Crippen LogP contribution >= 0.6 is 0 Å². The molecule has 0 saturated heterocycles. The summed E-state index contributed by atoms with van der Waals surface area (Å²) >= 11 is 0. The lowest BCUT2D eigenvalue weighted by Crippen LogP contribution is -2.43. The van der Waals surface area contributed by atoms with Crippen molar-refractivity contribution in [3.8, 4) is 0 Å². The SMILES string of the molecule is O=C(Nc1cnc(C2CC2)nc1)N1CCc2ccccc2C1CO. The maximum atomic E-state index is 12.6. The molecule has 1 atom stereocenters. The second-order valence-corrected chi connectivity index (χ2v) is 6.37. The number of carbonyl (C=O) groups excluding carboxylic acids is 1. The molecular weight excluding hydrogens is 304 g/mol. The average molecular weight is 324 g/mol. The van der Waals surface area contributed by atoms with Gasteiger partial charge in [0, 0.05) is 12.5 Å². The van der Waals surface area contributed by atoms with Crippen molar-refractivity contribution in [1.82, 2.24) is 14.9 Å². The van der Waals surface area contributed by atoms with Gasteiger partial charge in [-0.05, 0) is 30.4 Å². The summed E-state index contributed by atoms with van der Waals surface area (Å²) in [7, 11) is 0. The van der Waals surface area contributed by atoms with Crippen molar-refractivity contribution in [3.05, 3.63) is 53.6 Å². The van der Waals surface area contributed by atoms with E-state index in [0.717, 1.165) is 30.7 Å².